The van der Waals surface area contributed by atoms with E-state index in [1.54, 1.807) is 0 Å². The fourth-order valence-corrected chi connectivity index (χ4v) is 3.72. The summed E-state index contributed by atoms with van der Waals surface area (Å²) in [5.41, 5.74) is 1.69. The van der Waals surface area contributed by atoms with Crippen LogP contribution in [0.25, 0.3) is 21.9 Å². The molecular formula is C21H23NO3. The molecule has 25 heavy (non-hydrogen) atoms. The predicted octanol–water partition coefficient (Wildman–Crippen LogP) is 4.66. The van der Waals surface area contributed by atoms with Gasteiger partial charge in [-0.25, -0.2) is 0 Å². The van der Waals surface area contributed by atoms with Crippen LogP contribution in [0.4, 0.5) is 0 Å². The number of para-hydroxylation sites is 1. The zero-order valence-electron chi connectivity index (χ0n) is 14.5. The fourth-order valence-electron chi connectivity index (χ4n) is 3.72. The van der Waals surface area contributed by atoms with Crippen LogP contribution in [0.3, 0.4) is 0 Å². The fraction of sp³-hybridized carbons (Fsp3) is 0.381. The first-order valence-corrected chi connectivity index (χ1v) is 9.04. The molecule has 1 heterocycles. The molecular weight excluding hydrogens is 314 g/mol. The van der Waals surface area contributed by atoms with E-state index in [0.29, 0.717) is 11.7 Å². The van der Waals surface area contributed by atoms with Crippen molar-refractivity contribution in [3.05, 3.63) is 42.5 Å². The Balaban J connectivity index is 1.43. The first-order chi connectivity index (χ1) is 12.2. The van der Waals surface area contributed by atoms with Gasteiger partial charge in [-0.2, -0.15) is 0 Å². The van der Waals surface area contributed by atoms with Gasteiger partial charge < -0.3 is 14.5 Å². The lowest BCUT2D eigenvalue weighted by Crippen LogP contribution is -2.43. The highest BCUT2D eigenvalue weighted by molar-refractivity contribution is 6.05. The van der Waals surface area contributed by atoms with Crippen molar-refractivity contribution in [2.75, 3.05) is 6.61 Å². The van der Waals surface area contributed by atoms with E-state index >= 15 is 0 Å². The third-order valence-corrected chi connectivity index (χ3v) is 5.18. The molecule has 0 spiro atoms. The Kier molecular flexibility index (Phi) is 4.35. The van der Waals surface area contributed by atoms with Gasteiger partial charge in [0, 0.05) is 16.8 Å². The molecule has 1 saturated carbocycles. The molecule has 3 aromatic rings. The summed E-state index contributed by atoms with van der Waals surface area (Å²) in [6.07, 6.45) is 4.72. The van der Waals surface area contributed by atoms with Crippen molar-refractivity contribution < 1.29 is 13.9 Å². The van der Waals surface area contributed by atoms with Gasteiger partial charge >= 0.3 is 0 Å². The van der Waals surface area contributed by atoms with Crippen LogP contribution in [-0.2, 0) is 4.79 Å². The van der Waals surface area contributed by atoms with Crippen LogP contribution in [-0.4, -0.2) is 18.6 Å². The van der Waals surface area contributed by atoms with E-state index < -0.39 is 0 Å². The van der Waals surface area contributed by atoms with Crippen molar-refractivity contribution in [3.63, 3.8) is 0 Å². The van der Waals surface area contributed by atoms with Crippen LogP contribution in [0.1, 0.15) is 32.6 Å². The maximum absolute atomic E-state index is 12.2. The van der Waals surface area contributed by atoms with E-state index in [-0.39, 0.29) is 18.6 Å². The molecule has 4 nitrogen and oxygen atoms in total. The minimum Gasteiger partial charge on any atom is -0.484 e. The molecule has 2 atom stereocenters. The van der Waals surface area contributed by atoms with Crippen LogP contribution in [0.2, 0.25) is 0 Å². The highest BCUT2D eigenvalue weighted by Gasteiger charge is 2.22. The third-order valence-electron chi connectivity index (χ3n) is 5.18. The summed E-state index contributed by atoms with van der Waals surface area (Å²) in [7, 11) is 0. The summed E-state index contributed by atoms with van der Waals surface area (Å²) in [4.78, 5) is 12.2. The highest BCUT2D eigenvalue weighted by atomic mass is 16.5. The van der Waals surface area contributed by atoms with Gasteiger partial charge in [0.2, 0.25) is 0 Å². The van der Waals surface area contributed by atoms with E-state index in [4.69, 9.17) is 9.15 Å². The average Bonchev–Trinajstić information content (AvgIpc) is 3.00. The average molecular weight is 337 g/mol. The van der Waals surface area contributed by atoms with Crippen LogP contribution in [0, 0.1) is 5.92 Å². The summed E-state index contributed by atoms with van der Waals surface area (Å²) < 4.78 is 11.5. The Morgan fingerprint density at radius 3 is 2.80 bits per heavy atom. The molecule has 0 aliphatic heterocycles. The number of fused-ring (bicyclic) bond motifs is 3. The number of benzene rings is 2. The van der Waals surface area contributed by atoms with E-state index in [1.807, 2.05) is 42.5 Å². The topological polar surface area (TPSA) is 51.5 Å². The van der Waals surface area contributed by atoms with Crippen molar-refractivity contribution in [1.82, 2.24) is 5.32 Å². The molecule has 1 fully saturated rings. The summed E-state index contributed by atoms with van der Waals surface area (Å²) >= 11 is 0. The summed E-state index contributed by atoms with van der Waals surface area (Å²) in [6, 6.07) is 13.9. The van der Waals surface area contributed by atoms with Gasteiger partial charge in [-0.3, -0.25) is 4.79 Å². The third kappa shape index (κ3) is 3.34. The molecule has 1 aliphatic rings. The molecule has 0 saturated heterocycles. The molecule has 4 rings (SSSR count). The number of furan rings is 1. The molecule has 2 aromatic carbocycles. The van der Waals surface area contributed by atoms with Gasteiger partial charge in [0.05, 0.1) is 0 Å². The molecule has 0 bridgehead atoms. The summed E-state index contributed by atoms with van der Waals surface area (Å²) in [5, 5.41) is 5.19. The Morgan fingerprint density at radius 2 is 1.92 bits per heavy atom. The van der Waals surface area contributed by atoms with Crippen molar-refractivity contribution >= 4 is 27.8 Å². The zero-order chi connectivity index (χ0) is 17.2. The van der Waals surface area contributed by atoms with E-state index in [2.05, 4.69) is 12.2 Å². The molecule has 4 heteroatoms. The van der Waals surface area contributed by atoms with Crippen LogP contribution >= 0.6 is 0 Å². The second-order valence-electron chi connectivity index (χ2n) is 6.98. The maximum atomic E-state index is 12.2. The number of rotatable bonds is 4. The predicted molar refractivity (Wildman–Crippen MR) is 98.8 cm³/mol. The molecule has 1 N–H and O–H groups in total. The van der Waals surface area contributed by atoms with E-state index in [0.717, 1.165) is 28.4 Å². The monoisotopic (exact) mass is 337 g/mol. The Morgan fingerprint density at radius 1 is 1.12 bits per heavy atom. The highest BCUT2D eigenvalue weighted by Crippen LogP contribution is 2.31. The maximum Gasteiger partial charge on any atom is 0.258 e. The van der Waals surface area contributed by atoms with Crippen LogP contribution < -0.4 is 10.1 Å². The smallest absolute Gasteiger partial charge is 0.258 e. The van der Waals surface area contributed by atoms with Crippen molar-refractivity contribution in [1.29, 1.82) is 0 Å². The number of carbonyl (C=O) groups excluding carboxylic acids is 1. The van der Waals surface area contributed by atoms with Crippen molar-refractivity contribution in [3.8, 4) is 5.75 Å². The van der Waals surface area contributed by atoms with Crippen LogP contribution in [0.5, 0.6) is 5.75 Å². The Hall–Kier alpha value is -2.49. The molecule has 1 amide bonds. The van der Waals surface area contributed by atoms with E-state index in [1.165, 1.54) is 19.3 Å². The normalized spacial score (nSPS) is 20.7. The SMILES string of the molecule is C[C@@H]1CCCC[C@@H]1NC(=O)COc1ccc2oc3ccccc3c2c1. The number of ether oxygens (including phenoxy) is 1. The molecule has 0 radical (unpaired) electrons. The molecule has 130 valence electrons. The lowest BCUT2D eigenvalue weighted by Gasteiger charge is -2.29. The van der Waals surface area contributed by atoms with Crippen molar-refractivity contribution in [2.24, 2.45) is 5.92 Å². The number of carbonyl (C=O) groups is 1. The Labute approximate surface area is 147 Å². The van der Waals surface area contributed by atoms with E-state index in [9.17, 15) is 4.79 Å². The lowest BCUT2D eigenvalue weighted by atomic mass is 9.86. The van der Waals surface area contributed by atoms with Gasteiger partial charge in [0.25, 0.3) is 5.91 Å². The first-order valence-electron chi connectivity index (χ1n) is 9.04. The minimum atomic E-state index is -0.0455. The standard InChI is InChI=1S/C21H23NO3/c1-14-6-2-4-8-18(14)22-21(23)13-24-15-10-11-20-17(12-15)16-7-3-5-9-19(16)25-20/h3,5,7,9-12,14,18H,2,4,6,8,13H2,1H3,(H,22,23)/t14-,18+/m1/s1. The first kappa shape index (κ1) is 16.0. The number of hydrogen-bond acceptors (Lipinski definition) is 3. The van der Waals surface area contributed by atoms with Gasteiger partial charge in [-0.05, 0) is 43.0 Å². The summed E-state index contributed by atoms with van der Waals surface area (Å²) in [6.45, 7) is 2.26. The minimum absolute atomic E-state index is 0.0455. The quantitative estimate of drug-likeness (QED) is 0.753. The number of amides is 1. The summed E-state index contributed by atoms with van der Waals surface area (Å²) in [5.74, 6) is 1.19. The second kappa shape index (κ2) is 6.79. The van der Waals surface area contributed by atoms with Crippen LogP contribution in [0.15, 0.2) is 46.9 Å². The molecule has 1 aromatic heterocycles. The molecule has 1 aliphatic carbocycles. The lowest BCUT2D eigenvalue weighted by molar-refractivity contribution is -0.124. The van der Waals surface area contributed by atoms with Gasteiger partial charge in [0.15, 0.2) is 6.61 Å². The van der Waals surface area contributed by atoms with Gasteiger partial charge in [-0.15, -0.1) is 0 Å². The number of hydrogen-bond donors (Lipinski definition) is 1. The largest absolute Gasteiger partial charge is 0.484 e. The van der Waals surface area contributed by atoms with Crippen molar-refractivity contribution in [2.45, 2.75) is 38.6 Å². The zero-order valence-corrected chi connectivity index (χ0v) is 14.5. The number of nitrogens with one attached hydrogen (secondary N) is 1. The van der Waals surface area contributed by atoms with Gasteiger partial charge in [-0.1, -0.05) is 38.0 Å². The van der Waals surface area contributed by atoms with Gasteiger partial charge in [0.1, 0.15) is 16.9 Å². The Bertz CT molecular complexity index is 898. The second-order valence-corrected chi connectivity index (χ2v) is 6.98. The molecule has 0 unspecified atom stereocenters.